The first-order valence-corrected chi connectivity index (χ1v) is 7.34. The molecule has 0 radical (unpaired) electrons. The molecule has 3 nitrogen and oxygen atoms in total. The van der Waals surface area contributed by atoms with Gasteiger partial charge in [-0.2, -0.15) is 0 Å². The van der Waals surface area contributed by atoms with Crippen LogP contribution in [0.4, 0.5) is 0 Å². The lowest BCUT2D eigenvalue weighted by atomic mass is 10.1. The molecule has 1 N–H and O–H groups in total. The molecule has 110 valence electrons. The molecule has 0 fully saturated rings. The van der Waals surface area contributed by atoms with Crippen LogP contribution in [-0.2, 0) is 13.1 Å². The van der Waals surface area contributed by atoms with E-state index in [0.29, 0.717) is 5.92 Å². The third kappa shape index (κ3) is 6.79. The Hall–Kier alpha value is -0.800. The molecule has 0 spiro atoms. The Morgan fingerprint density at radius 2 is 2.00 bits per heavy atom. The van der Waals surface area contributed by atoms with E-state index in [1.54, 1.807) is 0 Å². The molecule has 0 bridgehead atoms. The minimum absolute atomic E-state index is 0.143. The molecular formula is C16H30N2O. The molecule has 1 aromatic heterocycles. The minimum Gasteiger partial charge on any atom is -0.468 e. The maximum absolute atomic E-state index is 5.66. The number of furan rings is 1. The van der Waals surface area contributed by atoms with Crippen molar-refractivity contribution in [2.75, 3.05) is 13.1 Å². The monoisotopic (exact) mass is 266 g/mol. The Labute approximate surface area is 118 Å². The zero-order valence-corrected chi connectivity index (χ0v) is 13.4. The third-order valence-corrected chi connectivity index (χ3v) is 2.98. The summed E-state index contributed by atoms with van der Waals surface area (Å²) in [6, 6.07) is 2.17. The molecule has 0 aliphatic rings. The van der Waals surface area contributed by atoms with Gasteiger partial charge in [0.25, 0.3) is 0 Å². The molecule has 0 saturated carbocycles. The molecule has 1 aromatic rings. The molecule has 1 heterocycles. The first-order chi connectivity index (χ1) is 8.80. The predicted molar refractivity (Wildman–Crippen MR) is 81.1 cm³/mol. The van der Waals surface area contributed by atoms with E-state index in [4.69, 9.17) is 4.42 Å². The van der Waals surface area contributed by atoms with Crippen molar-refractivity contribution in [2.24, 2.45) is 5.92 Å². The molecule has 1 rings (SSSR count). The van der Waals surface area contributed by atoms with E-state index in [-0.39, 0.29) is 5.54 Å². The summed E-state index contributed by atoms with van der Waals surface area (Å²) in [7, 11) is 0. The summed E-state index contributed by atoms with van der Waals surface area (Å²) in [6.45, 7) is 17.2. The molecule has 0 saturated heterocycles. The third-order valence-electron chi connectivity index (χ3n) is 2.98. The fourth-order valence-electron chi connectivity index (χ4n) is 2.01. The van der Waals surface area contributed by atoms with Gasteiger partial charge in [-0.1, -0.05) is 20.8 Å². The fraction of sp³-hybridized carbons (Fsp3) is 0.750. The van der Waals surface area contributed by atoms with Gasteiger partial charge >= 0.3 is 0 Å². The van der Waals surface area contributed by atoms with Gasteiger partial charge in [-0.3, -0.25) is 4.90 Å². The van der Waals surface area contributed by atoms with Crippen molar-refractivity contribution < 1.29 is 4.42 Å². The van der Waals surface area contributed by atoms with Gasteiger partial charge in [0.15, 0.2) is 0 Å². The van der Waals surface area contributed by atoms with Gasteiger partial charge in [0, 0.05) is 24.2 Å². The van der Waals surface area contributed by atoms with Crippen LogP contribution in [0.15, 0.2) is 16.7 Å². The van der Waals surface area contributed by atoms with Crippen molar-refractivity contribution in [1.82, 2.24) is 10.2 Å². The van der Waals surface area contributed by atoms with Gasteiger partial charge in [0.05, 0.1) is 12.8 Å². The van der Waals surface area contributed by atoms with Crippen molar-refractivity contribution in [3.8, 4) is 0 Å². The second-order valence-corrected chi connectivity index (χ2v) is 6.75. The zero-order chi connectivity index (χ0) is 14.5. The Morgan fingerprint density at radius 3 is 2.53 bits per heavy atom. The van der Waals surface area contributed by atoms with Crippen LogP contribution in [0.25, 0.3) is 0 Å². The topological polar surface area (TPSA) is 28.4 Å². The Bertz CT molecular complexity index is 363. The van der Waals surface area contributed by atoms with Crippen LogP contribution >= 0.6 is 0 Å². The fourth-order valence-corrected chi connectivity index (χ4v) is 2.01. The quantitative estimate of drug-likeness (QED) is 0.816. The summed E-state index contributed by atoms with van der Waals surface area (Å²) in [5, 5.41) is 3.48. The SMILES string of the molecule is CCN(Cc1cc(CNC(C)(C)C)co1)CC(C)C. The van der Waals surface area contributed by atoms with Gasteiger partial charge < -0.3 is 9.73 Å². The first-order valence-electron chi connectivity index (χ1n) is 7.34. The molecule has 0 atom stereocenters. The van der Waals surface area contributed by atoms with Crippen LogP contribution < -0.4 is 5.32 Å². The van der Waals surface area contributed by atoms with Crippen LogP contribution in [0.1, 0.15) is 52.9 Å². The van der Waals surface area contributed by atoms with Gasteiger partial charge in [0.1, 0.15) is 5.76 Å². The summed E-state index contributed by atoms with van der Waals surface area (Å²) in [4.78, 5) is 2.42. The van der Waals surface area contributed by atoms with Crippen molar-refractivity contribution in [3.05, 3.63) is 23.7 Å². The largest absolute Gasteiger partial charge is 0.468 e. The van der Waals surface area contributed by atoms with E-state index in [2.05, 4.69) is 57.8 Å². The van der Waals surface area contributed by atoms with E-state index in [9.17, 15) is 0 Å². The smallest absolute Gasteiger partial charge is 0.118 e. The highest BCUT2D eigenvalue weighted by molar-refractivity contribution is 5.13. The standard InChI is InChI=1S/C16H30N2O/c1-7-18(10-13(2)3)11-15-8-14(12-19-15)9-17-16(4,5)6/h8,12-13,17H,7,9-11H2,1-6H3. The summed E-state index contributed by atoms with van der Waals surface area (Å²) < 4.78 is 5.66. The summed E-state index contributed by atoms with van der Waals surface area (Å²) in [5.41, 5.74) is 1.37. The maximum Gasteiger partial charge on any atom is 0.118 e. The minimum atomic E-state index is 0.143. The second kappa shape index (κ2) is 7.11. The molecule has 0 unspecified atom stereocenters. The van der Waals surface area contributed by atoms with Crippen LogP contribution in [0.5, 0.6) is 0 Å². The number of hydrogen-bond donors (Lipinski definition) is 1. The van der Waals surface area contributed by atoms with Gasteiger partial charge in [-0.15, -0.1) is 0 Å². The van der Waals surface area contributed by atoms with E-state index in [1.807, 2.05) is 6.26 Å². The zero-order valence-electron chi connectivity index (χ0n) is 13.4. The Morgan fingerprint density at radius 1 is 1.32 bits per heavy atom. The number of nitrogens with zero attached hydrogens (tertiary/aromatic N) is 1. The van der Waals surface area contributed by atoms with Crippen LogP contribution in [0.2, 0.25) is 0 Å². The molecule has 0 amide bonds. The van der Waals surface area contributed by atoms with Gasteiger partial charge in [-0.05, 0) is 39.3 Å². The molecular weight excluding hydrogens is 236 g/mol. The first kappa shape index (κ1) is 16.3. The molecule has 0 aromatic carbocycles. The van der Waals surface area contributed by atoms with Gasteiger partial charge in [0.2, 0.25) is 0 Å². The van der Waals surface area contributed by atoms with Crippen molar-refractivity contribution in [2.45, 2.75) is 60.2 Å². The lowest BCUT2D eigenvalue weighted by molar-refractivity contribution is 0.229. The molecule has 0 aliphatic carbocycles. The average molecular weight is 266 g/mol. The van der Waals surface area contributed by atoms with E-state index < -0.39 is 0 Å². The van der Waals surface area contributed by atoms with E-state index in [1.165, 1.54) is 5.56 Å². The van der Waals surface area contributed by atoms with Crippen LogP contribution in [-0.4, -0.2) is 23.5 Å². The highest BCUT2D eigenvalue weighted by Crippen LogP contribution is 2.13. The van der Waals surface area contributed by atoms with Crippen LogP contribution in [0, 0.1) is 5.92 Å². The highest BCUT2D eigenvalue weighted by atomic mass is 16.3. The van der Waals surface area contributed by atoms with Gasteiger partial charge in [-0.25, -0.2) is 0 Å². The normalized spacial score (nSPS) is 12.6. The number of rotatable bonds is 7. The van der Waals surface area contributed by atoms with E-state index >= 15 is 0 Å². The number of hydrogen-bond acceptors (Lipinski definition) is 3. The van der Waals surface area contributed by atoms with E-state index in [0.717, 1.165) is 31.9 Å². The predicted octanol–water partition coefficient (Wildman–Crippen LogP) is 3.65. The second-order valence-electron chi connectivity index (χ2n) is 6.75. The molecule has 19 heavy (non-hydrogen) atoms. The summed E-state index contributed by atoms with van der Waals surface area (Å²) in [6.07, 6.45) is 1.87. The Balaban J connectivity index is 2.49. The molecule has 0 aliphatic heterocycles. The maximum atomic E-state index is 5.66. The number of nitrogens with one attached hydrogen (secondary N) is 1. The van der Waals surface area contributed by atoms with Crippen molar-refractivity contribution in [1.29, 1.82) is 0 Å². The highest BCUT2D eigenvalue weighted by Gasteiger charge is 2.12. The molecule has 3 heteroatoms. The summed E-state index contributed by atoms with van der Waals surface area (Å²) >= 11 is 0. The lowest BCUT2D eigenvalue weighted by Crippen LogP contribution is -2.34. The lowest BCUT2D eigenvalue weighted by Gasteiger charge is -2.21. The summed E-state index contributed by atoms with van der Waals surface area (Å²) in [5.74, 6) is 1.75. The van der Waals surface area contributed by atoms with Crippen molar-refractivity contribution >= 4 is 0 Å². The Kier molecular flexibility index (Phi) is 6.08. The van der Waals surface area contributed by atoms with Crippen LogP contribution in [0.3, 0.4) is 0 Å². The van der Waals surface area contributed by atoms with Crippen molar-refractivity contribution in [3.63, 3.8) is 0 Å². The average Bonchev–Trinajstić information content (AvgIpc) is 2.72.